The van der Waals surface area contributed by atoms with Crippen LogP contribution in [0.1, 0.15) is 33.6 Å². The van der Waals surface area contributed by atoms with Crippen LogP contribution in [-0.4, -0.2) is 41.3 Å². The monoisotopic (exact) mass is 449 g/mol. The number of piperidine rings is 1. The molecule has 1 aliphatic rings. The number of hydrogen-bond donors (Lipinski definition) is 1. The number of nitrogens with one attached hydrogen (secondary N) is 1. The summed E-state index contributed by atoms with van der Waals surface area (Å²) >= 11 is 2.18. The van der Waals surface area contributed by atoms with Gasteiger partial charge in [0.1, 0.15) is 0 Å². The average Bonchev–Trinajstić information content (AvgIpc) is 2.67. The van der Waals surface area contributed by atoms with Crippen LogP contribution in [0.25, 0.3) is 0 Å². The predicted octanol–water partition coefficient (Wildman–Crippen LogP) is 2.97. The van der Waals surface area contributed by atoms with Crippen molar-refractivity contribution in [3.8, 4) is 0 Å². The van der Waals surface area contributed by atoms with Gasteiger partial charge >= 0.3 is 0 Å². The number of benzene rings is 1. The quantitative estimate of drug-likeness (QED) is 0.731. The van der Waals surface area contributed by atoms with Crippen molar-refractivity contribution in [1.29, 1.82) is 0 Å². The highest BCUT2D eigenvalue weighted by atomic mass is 127. The Morgan fingerprint density at radius 3 is 2.60 bits per heavy atom. The number of carbonyl (C=O) groups excluding carboxylic acids is 2. The molecule has 1 fully saturated rings. The van der Waals surface area contributed by atoms with Crippen molar-refractivity contribution in [2.45, 2.75) is 12.8 Å². The number of aromatic nitrogens is 1. The van der Waals surface area contributed by atoms with Crippen LogP contribution in [0.3, 0.4) is 0 Å². The maximum absolute atomic E-state index is 12.4. The summed E-state index contributed by atoms with van der Waals surface area (Å²) in [7, 11) is 0. The van der Waals surface area contributed by atoms with Crippen molar-refractivity contribution < 1.29 is 9.59 Å². The van der Waals surface area contributed by atoms with Crippen molar-refractivity contribution in [3.05, 3.63) is 63.5 Å². The Bertz CT molecular complexity index is 743. The molecule has 0 radical (unpaired) electrons. The van der Waals surface area contributed by atoms with Crippen molar-refractivity contribution in [2.24, 2.45) is 5.92 Å². The van der Waals surface area contributed by atoms with E-state index in [2.05, 4.69) is 32.9 Å². The molecule has 0 aliphatic carbocycles. The molecule has 1 aliphatic heterocycles. The van der Waals surface area contributed by atoms with Crippen LogP contribution < -0.4 is 5.32 Å². The van der Waals surface area contributed by atoms with Gasteiger partial charge in [-0.15, -0.1) is 0 Å². The fourth-order valence-electron chi connectivity index (χ4n) is 2.99. The van der Waals surface area contributed by atoms with Gasteiger partial charge in [-0.25, -0.2) is 0 Å². The number of nitrogens with zero attached hydrogens (tertiary/aromatic N) is 2. The zero-order valence-electron chi connectivity index (χ0n) is 13.8. The van der Waals surface area contributed by atoms with Crippen LogP contribution in [0.2, 0.25) is 0 Å². The molecule has 25 heavy (non-hydrogen) atoms. The van der Waals surface area contributed by atoms with Gasteiger partial charge < -0.3 is 10.2 Å². The molecule has 1 N–H and O–H groups in total. The van der Waals surface area contributed by atoms with Gasteiger partial charge in [0.25, 0.3) is 11.8 Å². The molecule has 130 valence electrons. The molecule has 2 heterocycles. The van der Waals surface area contributed by atoms with E-state index in [4.69, 9.17) is 0 Å². The SMILES string of the molecule is O=C(NCC1CCN(C(=O)c2cccnc2)CC1)c1ccccc1I. The molecule has 0 saturated carbocycles. The highest BCUT2D eigenvalue weighted by molar-refractivity contribution is 14.1. The van der Waals surface area contributed by atoms with Crippen molar-refractivity contribution >= 4 is 34.4 Å². The first-order valence-corrected chi connectivity index (χ1v) is 9.45. The minimum absolute atomic E-state index is 0.0288. The first-order chi connectivity index (χ1) is 12.1. The maximum atomic E-state index is 12.4. The topological polar surface area (TPSA) is 62.3 Å². The lowest BCUT2D eigenvalue weighted by molar-refractivity contribution is 0.0684. The molecule has 0 atom stereocenters. The minimum atomic E-state index is -0.0288. The van der Waals surface area contributed by atoms with Gasteiger partial charge in [-0.2, -0.15) is 0 Å². The Morgan fingerprint density at radius 1 is 1.16 bits per heavy atom. The maximum Gasteiger partial charge on any atom is 0.255 e. The summed E-state index contributed by atoms with van der Waals surface area (Å²) in [5.41, 5.74) is 1.35. The largest absolute Gasteiger partial charge is 0.352 e. The van der Waals surface area contributed by atoms with Crippen LogP contribution in [0.5, 0.6) is 0 Å². The molecule has 2 aromatic rings. The summed E-state index contributed by atoms with van der Waals surface area (Å²) < 4.78 is 0.953. The van der Waals surface area contributed by atoms with Crippen LogP contribution in [0.4, 0.5) is 0 Å². The van der Waals surface area contributed by atoms with Gasteiger partial charge in [-0.1, -0.05) is 12.1 Å². The van der Waals surface area contributed by atoms with E-state index in [0.717, 1.165) is 29.5 Å². The summed E-state index contributed by atoms with van der Waals surface area (Å²) in [5, 5.41) is 3.03. The molecule has 2 amide bonds. The van der Waals surface area contributed by atoms with Gasteiger partial charge in [0, 0.05) is 35.6 Å². The first kappa shape index (κ1) is 17.8. The molecule has 1 aromatic heterocycles. The van der Waals surface area contributed by atoms with Crippen LogP contribution in [0, 0.1) is 9.49 Å². The highest BCUT2D eigenvalue weighted by Crippen LogP contribution is 2.19. The van der Waals surface area contributed by atoms with Crippen LogP contribution >= 0.6 is 22.6 Å². The van der Waals surface area contributed by atoms with Crippen molar-refractivity contribution in [1.82, 2.24) is 15.2 Å². The second-order valence-electron chi connectivity index (χ2n) is 6.17. The van der Waals surface area contributed by atoms with E-state index in [-0.39, 0.29) is 11.8 Å². The number of hydrogen-bond acceptors (Lipinski definition) is 3. The van der Waals surface area contributed by atoms with E-state index in [1.165, 1.54) is 0 Å². The molecule has 3 rings (SSSR count). The van der Waals surface area contributed by atoms with Crippen molar-refractivity contribution in [2.75, 3.05) is 19.6 Å². The first-order valence-electron chi connectivity index (χ1n) is 8.37. The van der Waals surface area contributed by atoms with E-state index >= 15 is 0 Å². The predicted molar refractivity (Wildman–Crippen MR) is 104 cm³/mol. The fourth-order valence-corrected chi connectivity index (χ4v) is 3.62. The van der Waals surface area contributed by atoms with Gasteiger partial charge in [-0.3, -0.25) is 14.6 Å². The summed E-state index contributed by atoms with van der Waals surface area (Å²) in [6, 6.07) is 11.1. The minimum Gasteiger partial charge on any atom is -0.352 e. The molecular weight excluding hydrogens is 429 g/mol. The molecular formula is C19H20IN3O2. The molecule has 5 nitrogen and oxygen atoms in total. The smallest absolute Gasteiger partial charge is 0.255 e. The van der Waals surface area contributed by atoms with E-state index in [1.54, 1.807) is 24.5 Å². The Balaban J connectivity index is 1.47. The van der Waals surface area contributed by atoms with Gasteiger partial charge in [0.15, 0.2) is 0 Å². The van der Waals surface area contributed by atoms with Gasteiger partial charge in [-0.05, 0) is 65.6 Å². The third-order valence-electron chi connectivity index (χ3n) is 4.48. The standard InChI is InChI=1S/C19H20IN3O2/c20-17-6-2-1-5-16(17)18(24)22-12-14-7-10-23(11-8-14)19(25)15-4-3-9-21-13-15/h1-6,9,13-14H,7-8,10-12H2,(H,22,24). The zero-order valence-corrected chi connectivity index (χ0v) is 16.0. The van der Waals surface area contributed by atoms with E-state index < -0.39 is 0 Å². The van der Waals surface area contributed by atoms with E-state index in [9.17, 15) is 9.59 Å². The average molecular weight is 449 g/mol. The second-order valence-corrected chi connectivity index (χ2v) is 7.33. The van der Waals surface area contributed by atoms with E-state index in [1.807, 2.05) is 29.2 Å². The Kier molecular flexibility index (Phi) is 6.01. The number of pyridine rings is 1. The van der Waals surface area contributed by atoms with Crippen molar-refractivity contribution in [3.63, 3.8) is 0 Å². The Labute approximate surface area is 161 Å². The number of rotatable bonds is 4. The third-order valence-corrected chi connectivity index (χ3v) is 5.42. The normalized spacial score (nSPS) is 15.0. The lowest BCUT2D eigenvalue weighted by atomic mass is 9.96. The summed E-state index contributed by atoms with van der Waals surface area (Å²) in [6.45, 7) is 2.09. The summed E-state index contributed by atoms with van der Waals surface area (Å²) in [5.74, 6) is 0.413. The Hall–Kier alpha value is -1.96. The molecule has 1 aromatic carbocycles. The van der Waals surface area contributed by atoms with Crippen LogP contribution in [-0.2, 0) is 0 Å². The lowest BCUT2D eigenvalue weighted by Crippen LogP contribution is -2.41. The van der Waals surface area contributed by atoms with Gasteiger partial charge in [0.2, 0.25) is 0 Å². The fraction of sp³-hybridized carbons (Fsp3) is 0.316. The zero-order chi connectivity index (χ0) is 17.6. The Morgan fingerprint density at radius 2 is 1.92 bits per heavy atom. The molecule has 6 heteroatoms. The molecule has 1 saturated heterocycles. The highest BCUT2D eigenvalue weighted by Gasteiger charge is 2.24. The summed E-state index contributed by atoms with van der Waals surface area (Å²) in [6.07, 6.45) is 5.08. The van der Waals surface area contributed by atoms with E-state index in [0.29, 0.717) is 23.6 Å². The number of carbonyl (C=O) groups is 2. The summed E-state index contributed by atoms with van der Waals surface area (Å²) in [4.78, 5) is 30.6. The third kappa shape index (κ3) is 4.56. The molecule has 0 bridgehead atoms. The number of amides is 2. The van der Waals surface area contributed by atoms with Gasteiger partial charge in [0.05, 0.1) is 11.1 Å². The number of halogens is 1. The molecule has 0 unspecified atom stereocenters. The van der Waals surface area contributed by atoms with Crippen LogP contribution in [0.15, 0.2) is 48.8 Å². The lowest BCUT2D eigenvalue weighted by Gasteiger charge is -2.32. The molecule has 0 spiro atoms. The second kappa shape index (κ2) is 8.42. The number of likely N-dealkylation sites (tertiary alicyclic amines) is 1.